The number of hydrogen-bond acceptors (Lipinski definition) is 7. The number of carbonyl (C=O) groups is 1. The van der Waals surface area contributed by atoms with Gasteiger partial charge >= 0.3 is 11.5 Å². The SMILES string of the molecule is COC(=O)Cc1cc(-[s+]2c3ccccc3c(=O)c3ccccc32)ccc1OC.O=S(=O)([O-])C(F)(F)F. The van der Waals surface area contributed by atoms with E-state index in [4.69, 9.17) is 22.4 Å². The Kier molecular flexibility index (Phi) is 8.02. The standard InChI is InChI=1S/C23H19O4S.CHF3O3S/c1-26-19-12-11-16(13-15(19)14-22(24)27-2)28-20-9-5-3-7-17(20)23(25)18-8-4-6-10-21(18)28;2-1(3,4)8(5,6)7/h3-13H,14H2,1-2H3;(H,5,6,7)/q+1;/p-1. The molecule has 0 unspecified atom stereocenters. The van der Waals surface area contributed by atoms with Gasteiger partial charge in [0.15, 0.2) is 24.4 Å². The first-order valence-electron chi connectivity index (χ1n) is 10.1. The quantitative estimate of drug-likeness (QED) is 0.119. The highest BCUT2D eigenvalue weighted by Gasteiger charge is 2.37. The third-order valence-corrected chi connectivity index (χ3v) is 7.92. The smallest absolute Gasteiger partial charge is 0.485 e. The zero-order valence-corrected chi connectivity index (χ0v) is 20.5. The molecule has 0 spiro atoms. The molecule has 0 amide bonds. The second-order valence-electron chi connectivity index (χ2n) is 7.25. The lowest BCUT2D eigenvalue weighted by Crippen LogP contribution is -2.21. The van der Waals surface area contributed by atoms with Crippen LogP contribution in [-0.4, -0.2) is 38.7 Å². The third kappa shape index (κ3) is 5.66. The van der Waals surface area contributed by atoms with Crippen LogP contribution in [0.3, 0.4) is 0 Å². The van der Waals surface area contributed by atoms with E-state index in [1.165, 1.54) is 7.11 Å². The molecule has 0 aliphatic rings. The number of esters is 1. The van der Waals surface area contributed by atoms with Crippen LogP contribution < -0.4 is 10.2 Å². The van der Waals surface area contributed by atoms with Crippen LogP contribution in [0.2, 0.25) is 0 Å². The Morgan fingerprint density at radius 1 is 0.944 bits per heavy atom. The molecular weight excluding hydrogens is 521 g/mol. The predicted octanol–water partition coefficient (Wildman–Crippen LogP) is 4.87. The topological polar surface area (TPSA) is 110 Å². The Bertz CT molecular complexity index is 1530. The largest absolute Gasteiger partial charge is 0.741 e. The highest BCUT2D eigenvalue weighted by atomic mass is 32.2. The number of carbonyl (C=O) groups excluding carboxylic acids is 1. The fourth-order valence-electron chi connectivity index (χ4n) is 3.43. The average molecular weight is 541 g/mol. The Morgan fingerprint density at radius 2 is 1.44 bits per heavy atom. The molecule has 1 aromatic heterocycles. The summed E-state index contributed by atoms with van der Waals surface area (Å²) in [5, 5.41) is 1.46. The summed E-state index contributed by atoms with van der Waals surface area (Å²) < 4.78 is 71.2. The average Bonchev–Trinajstić information content (AvgIpc) is 2.83. The van der Waals surface area contributed by atoms with Gasteiger partial charge in [-0.1, -0.05) is 24.3 Å². The minimum Gasteiger partial charge on any atom is -0.741 e. The molecule has 0 N–H and O–H groups in total. The Hall–Kier alpha value is -3.48. The molecule has 7 nitrogen and oxygen atoms in total. The second kappa shape index (κ2) is 10.6. The van der Waals surface area contributed by atoms with Crippen molar-refractivity contribution in [1.82, 2.24) is 0 Å². The molecule has 3 aromatic carbocycles. The van der Waals surface area contributed by atoms with Crippen LogP contribution in [0.4, 0.5) is 13.2 Å². The van der Waals surface area contributed by atoms with E-state index in [1.807, 2.05) is 66.7 Å². The van der Waals surface area contributed by atoms with Crippen molar-refractivity contribution in [2.45, 2.75) is 11.9 Å². The molecule has 12 heteroatoms. The van der Waals surface area contributed by atoms with Crippen LogP contribution in [0.15, 0.2) is 71.5 Å². The molecule has 190 valence electrons. The number of halogens is 3. The van der Waals surface area contributed by atoms with E-state index < -0.39 is 26.1 Å². The molecule has 0 aliphatic heterocycles. The van der Waals surface area contributed by atoms with Crippen molar-refractivity contribution in [2.24, 2.45) is 0 Å². The monoisotopic (exact) mass is 540 g/mol. The lowest BCUT2D eigenvalue weighted by Gasteiger charge is -2.09. The molecule has 0 fully saturated rings. The van der Waals surface area contributed by atoms with Crippen LogP contribution >= 0.6 is 10.5 Å². The first-order chi connectivity index (χ1) is 16.9. The maximum atomic E-state index is 13.0. The maximum Gasteiger partial charge on any atom is 0.485 e. The highest BCUT2D eigenvalue weighted by molar-refractivity contribution is 7.86. The molecule has 0 bridgehead atoms. The van der Waals surface area contributed by atoms with E-state index in [9.17, 15) is 22.8 Å². The van der Waals surface area contributed by atoms with Gasteiger partial charge in [0, 0.05) is 28.2 Å². The van der Waals surface area contributed by atoms with E-state index in [1.54, 1.807) is 7.11 Å². The highest BCUT2D eigenvalue weighted by Crippen LogP contribution is 2.44. The lowest BCUT2D eigenvalue weighted by atomic mass is 10.1. The van der Waals surface area contributed by atoms with E-state index in [0.29, 0.717) is 5.75 Å². The molecule has 4 rings (SSSR count). The molecule has 0 saturated carbocycles. The van der Waals surface area contributed by atoms with E-state index in [0.717, 1.165) is 30.6 Å². The second-order valence-corrected chi connectivity index (χ2v) is 10.6. The van der Waals surface area contributed by atoms with Gasteiger partial charge in [-0.05, 0) is 30.3 Å². The molecule has 0 aliphatic carbocycles. The molecule has 0 saturated heterocycles. The Morgan fingerprint density at radius 3 is 1.89 bits per heavy atom. The van der Waals surface area contributed by atoms with Gasteiger partial charge < -0.3 is 14.0 Å². The summed E-state index contributed by atoms with van der Waals surface area (Å²) in [6, 6.07) is 21.4. The number of hydrogen-bond donors (Lipinski definition) is 0. The van der Waals surface area contributed by atoms with Gasteiger partial charge in [0.1, 0.15) is 5.75 Å². The van der Waals surface area contributed by atoms with Crippen molar-refractivity contribution in [3.8, 4) is 10.6 Å². The number of benzene rings is 3. The maximum absolute atomic E-state index is 13.0. The number of fused-ring (bicyclic) bond motifs is 2. The van der Waals surface area contributed by atoms with Gasteiger partial charge in [0.2, 0.25) is 5.43 Å². The Labute approximate surface area is 206 Å². The van der Waals surface area contributed by atoms with Crippen LogP contribution in [0, 0.1) is 0 Å². The molecule has 4 aromatic rings. The summed E-state index contributed by atoms with van der Waals surface area (Å²) >= 11 is 0. The summed E-state index contributed by atoms with van der Waals surface area (Å²) in [7, 11) is -3.57. The van der Waals surface area contributed by atoms with Gasteiger partial charge in [-0.2, -0.15) is 13.2 Å². The van der Waals surface area contributed by atoms with E-state index in [2.05, 4.69) is 0 Å². The first-order valence-corrected chi connectivity index (χ1v) is 12.7. The van der Waals surface area contributed by atoms with Gasteiger partial charge in [-0.25, -0.2) is 8.42 Å². The van der Waals surface area contributed by atoms with Gasteiger partial charge in [-0.15, -0.1) is 0 Å². The zero-order chi connectivity index (χ0) is 26.7. The number of ether oxygens (including phenoxy) is 2. The predicted molar refractivity (Wildman–Crippen MR) is 130 cm³/mol. The normalized spacial score (nSPS) is 11.6. The summed E-state index contributed by atoms with van der Waals surface area (Å²) in [5.41, 5.74) is -4.82. The molecular formula is C24H19F3O7S2. The first kappa shape index (κ1) is 27.1. The summed E-state index contributed by atoms with van der Waals surface area (Å²) in [6.07, 6.45) is 0.132. The van der Waals surface area contributed by atoms with Crippen LogP contribution in [-0.2, 0) is 26.1 Å². The number of rotatable bonds is 4. The van der Waals surface area contributed by atoms with Gasteiger partial charge in [-0.3, -0.25) is 9.59 Å². The Balaban J connectivity index is 0.000000392. The van der Waals surface area contributed by atoms with Crippen LogP contribution in [0.1, 0.15) is 5.56 Å². The zero-order valence-electron chi connectivity index (χ0n) is 18.9. The van der Waals surface area contributed by atoms with Crippen molar-refractivity contribution in [2.75, 3.05) is 14.2 Å². The van der Waals surface area contributed by atoms with Crippen molar-refractivity contribution in [3.05, 3.63) is 82.5 Å². The molecule has 1 heterocycles. The van der Waals surface area contributed by atoms with Crippen molar-refractivity contribution in [3.63, 3.8) is 0 Å². The van der Waals surface area contributed by atoms with Crippen LogP contribution in [0.25, 0.3) is 25.1 Å². The summed E-state index contributed by atoms with van der Waals surface area (Å²) in [4.78, 5) is 25.9. The van der Waals surface area contributed by atoms with Crippen molar-refractivity contribution in [1.29, 1.82) is 0 Å². The lowest BCUT2D eigenvalue weighted by molar-refractivity contribution is -0.139. The van der Waals surface area contributed by atoms with E-state index in [-0.39, 0.29) is 17.8 Å². The summed E-state index contributed by atoms with van der Waals surface area (Å²) in [5.74, 6) is 0.325. The van der Waals surface area contributed by atoms with Gasteiger partial charge in [0.25, 0.3) is 0 Å². The van der Waals surface area contributed by atoms with Gasteiger partial charge in [0.05, 0.1) is 31.4 Å². The minimum atomic E-state index is -6.09. The summed E-state index contributed by atoms with van der Waals surface area (Å²) in [6.45, 7) is 0. The molecule has 0 atom stereocenters. The third-order valence-electron chi connectivity index (χ3n) is 5.04. The number of methoxy groups -OCH3 is 2. The molecule has 0 radical (unpaired) electrons. The van der Waals surface area contributed by atoms with Crippen LogP contribution in [0.5, 0.6) is 5.75 Å². The molecule has 36 heavy (non-hydrogen) atoms. The minimum absolute atomic E-state index is 0.0539. The fraction of sp³-hybridized carbons (Fsp3) is 0.167. The van der Waals surface area contributed by atoms with E-state index >= 15 is 0 Å². The number of alkyl halides is 3. The van der Waals surface area contributed by atoms with Crippen molar-refractivity contribution >= 4 is 46.7 Å². The van der Waals surface area contributed by atoms with Crippen molar-refractivity contribution < 1.29 is 40.4 Å². The fourth-order valence-corrected chi connectivity index (χ4v) is 5.83.